The van der Waals surface area contributed by atoms with Crippen molar-refractivity contribution in [3.05, 3.63) is 55.9 Å². The summed E-state index contributed by atoms with van der Waals surface area (Å²) >= 11 is 21.4. The number of carbonyl (C=O) groups is 3. The average Bonchev–Trinajstić information content (AvgIpc) is 3.05. The highest BCUT2D eigenvalue weighted by atomic mass is 79.9. The van der Waals surface area contributed by atoms with Gasteiger partial charge in [0.05, 0.1) is 27.3 Å². The van der Waals surface area contributed by atoms with Gasteiger partial charge in [0.1, 0.15) is 0 Å². The van der Waals surface area contributed by atoms with Crippen LogP contribution >= 0.6 is 50.7 Å². The lowest BCUT2D eigenvalue weighted by Gasteiger charge is -2.18. The molecule has 2 amide bonds. The Bertz CT molecular complexity index is 986. The number of nitrogens with one attached hydrogen (secondary N) is 1. The van der Waals surface area contributed by atoms with Crippen LogP contribution < -0.4 is 10.2 Å². The van der Waals surface area contributed by atoms with Crippen LogP contribution in [0.25, 0.3) is 0 Å². The summed E-state index contributed by atoms with van der Waals surface area (Å²) in [5, 5.41) is 3.68. The van der Waals surface area contributed by atoms with E-state index in [4.69, 9.17) is 39.5 Å². The molecule has 2 aromatic carbocycles. The van der Waals surface area contributed by atoms with Gasteiger partial charge in [0, 0.05) is 22.5 Å². The van der Waals surface area contributed by atoms with Gasteiger partial charge >= 0.3 is 5.97 Å². The van der Waals surface area contributed by atoms with E-state index >= 15 is 0 Å². The minimum absolute atomic E-state index is 0.0398. The topological polar surface area (TPSA) is 75.7 Å². The molecule has 0 spiro atoms. The van der Waals surface area contributed by atoms with E-state index in [-0.39, 0.29) is 18.9 Å². The van der Waals surface area contributed by atoms with Crippen LogP contribution in [0.4, 0.5) is 11.4 Å². The van der Waals surface area contributed by atoms with Crippen molar-refractivity contribution in [1.29, 1.82) is 0 Å². The largest absolute Gasteiger partial charge is 0.455 e. The smallest absolute Gasteiger partial charge is 0.311 e. The Hall–Kier alpha value is -1.80. The van der Waals surface area contributed by atoms with Crippen molar-refractivity contribution in [3.8, 4) is 0 Å². The molecular weight excluding hydrogens is 506 g/mol. The molecule has 1 saturated heterocycles. The molecule has 0 radical (unpaired) electrons. The second-order valence-corrected chi connectivity index (χ2v) is 8.45. The predicted octanol–water partition coefficient (Wildman–Crippen LogP) is 4.94. The average molecular weight is 521 g/mol. The molecule has 0 bridgehead atoms. The standard InChI is InChI=1S/C19H14BrCl3N2O4/c20-11-1-4-15(14(23)6-11)24-17(26)9-29-19(28)10-5-18(27)25(8-10)16-7-12(21)2-3-13(16)22/h1-4,6-7,10H,5,8-9H2,(H,24,26)/t10-/m0/s1. The van der Waals surface area contributed by atoms with Gasteiger partial charge in [-0.3, -0.25) is 14.4 Å². The lowest BCUT2D eigenvalue weighted by molar-refractivity contribution is -0.151. The third-order valence-electron chi connectivity index (χ3n) is 4.21. The molecule has 1 aliphatic heterocycles. The zero-order valence-corrected chi connectivity index (χ0v) is 18.6. The summed E-state index contributed by atoms with van der Waals surface area (Å²) in [7, 11) is 0. The third-order valence-corrected chi connectivity index (χ3v) is 5.57. The summed E-state index contributed by atoms with van der Waals surface area (Å²) in [6, 6.07) is 9.71. The van der Waals surface area contributed by atoms with E-state index in [2.05, 4.69) is 21.2 Å². The fourth-order valence-corrected chi connectivity index (χ4v) is 3.93. The summed E-state index contributed by atoms with van der Waals surface area (Å²) in [5.41, 5.74) is 0.829. The Labute approximate surface area is 190 Å². The van der Waals surface area contributed by atoms with Crippen molar-refractivity contribution >= 4 is 79.9 Å². The van der Waals surface area contributed by atoms with E-state index in [1.54, 1.807) is 36.4 Å². The highest BCUT2D eigenvalue weighted by molar-refractivity contribution is 9.10. The van der Waals surface area contributed by atoms with Gasteiger partial charge in [0.25, 0.3) is 5.91 Å². The first-order valence-electron chi connectivity index (χ1n) is 8.41. The molecule has 2 aromatic rings. The van der Waals surface area contributed by atoms with E-state index in [0.29, 0.717) is 26.4 Å². The van der Waals surface area contributed by atoms with E-state index in [1.165, 1.54) is 4.90 Å². The van der Waals surface area contributed by atoms with Crippen molar-refractivity contribution in [2.24, 2.45) is 5.92 Å². The van der Waals surface area contributed by atoms with E-state index in [0.717, 1.165) is 4.47 Å². The minimum Gasteiger partial charge on any atom is -0.455 e. The summed E-state index contributed by atoms with van der Waals surface area (Å²) in [4.78, 5) is 38.1. The second-order valence-electron chi connectivity index (χ2n) is 6.28. The number of hydrogen-bond acceptors (Lipinski definition) is 4. The van der Waals surface area contributed by atoms with Gasteiger partial charge in [0.2, 0.25) is 5.91 Å². The normalized spacial score (nSPS) is 16.1. The maximum Gasteiger partial charge on any atom is 0.311 e. The van der Waals surface area contributed by atoms with Gasteiger partial charge < -0.3 is 15.0 Å². The molecular formula is C19H14BrCl3N2O4. The molecule has 1 atom stereocenters. The molecule has 3 rings (SSSR count). The lowest BCUT2D eigenvalue weighted by Crippen LogP contribution is -2.28. The number of nitrogens with zero attached hydrogens (tertiary/aromatic N) is 1. The molecule has 1 aliphatic rings. The number of anilines is 2. The molecule has 0 unspecified atom stereocenters. The van der Waals surface area contributed by atoms with E-state index < -0.39 is 24.4 Å². The zero-order chi connectivity index (χ0) is 21.1. The van der Waals surface area contributed by atoms with Crippen molar-refractivity contribution in [3.63, 3.8) is 0 Å². The first-order valence-corrected chi connectivity index (χ1v) is 10.3. The summed E-state index contributed by atoms with van der Waals surface area (Å²) in [6.07, 6.45) is -0.0398. The third kappa shape index (κ3) is 5.42. The van der Waals surface area contributed by atoms with Crippen molar-refractivity contribution in [2.45, 2.75) is 6.42 Å². The Morgan fingerprint density at radius 2 is 1.90 bits per heavy atom. The molecule has 6 nitrogen and oxygen atoms in total. The van der Waals surface area contributed by atoms with E-state index in [9.17, 15) is 14.4 Å². The molecule has 10 heteroatoms. The van der Waals surface area contributed by atoms with Gasteiger partial charge in [-0.05, 0) is 36.4 Å². The highest BCUT2D eigenvalue weighted by Gasteiger charge is 2.37. The number of ether oxygens (including phenoxy) is 1. The van der Waals surface area contributed by atoms with Crippen molar-refractivity contribution in [1.82, 2.24) is 0 Å². The maximum absolute atomic E-state index is 12.3. The molecule has 29 heavy (non-hydrogen) atoms. The van der Waals surface area contributed by atoms with Crippen molar-refractivity contribution < 1.29 is 19.1 Å². The Balaban J connectivity index is 1.56. The minimum atomic E-state index is -0.707. The Morgan fingerprint density at radius 3 is 2.62 bits per heavy atom. The van der Waals surface area contributed by atoms with Gasteiger partial charge in [-0.2, -0.15) is 0 Å². The molecule has 0 aliphatic carbocycles. The van der Waals surface area contributed by atoms with Crippen LogP contribution in [0.15, 0.2) is 40.9 Å². The number of esters is 1. The van der Waals surface area contributed by atoms with Crippen LogP contribution in [-0.4, -0.2) is 30.9 Å². The summed E-state index contributed by atoms with van der Waals surface area (Å²) in [6.45, 7) is -0.397. The van der Waals surface area contributed by atoms with Crippen LogP contribution in [0.1, 0.15) is 6.42 Å². The lowest BCUT2D eigenvalue weighted by atomic mass is 10.1. The van der Waals surface area contributed by atoms with Crippen LogP contribution in [0.3, 0.4) is 0 Å². The first-order chi connectivity index (χ1) is 13.7. The number of carbonyl (C=O) groups excluding carboxylic acids is 3. The molecule has 1 heterocycles. The number of amides is 2. The zero-order valence-electron chi connectivity index (χ0n) is 14.8. The summed E-state index contributed by atoms with van der Waals surface area (Å²) < 4.78 is 5.83. The quantitative estimate of drug-likeness (QED) is 0.567. The van der Waals surface area contributed by atoms with Gasteiger partial charge in [-0.15, -0.1) is 0 Å². The number of benzene rings is 2. The number of hydrogen-bond donors (Lipinski definition) is 1. The van der Waals surface area contributed by atoms with Gasteiger partial charge in [0.15, 0.2) is 6.61 Å². The molecule has 0 aromatic heterocycles. The fraction of sp³-hybridized carbons (Fsp3) is 0.211. The number of halogens is 4. The van der Waals surface area contributed by atoms with Crippen molar-refractivity contribution in [2.75, 3.05) is 23.4 Å². The van der Waals surface area contributed by atoms with Crippen LogP contribution in [-0.2, 0) is 19.1 Å². The second kappa shape index (κ2) is 9.34. The Kier molecular flexibility index (Phi) is 7.05. The molecule has 1 fully saturated rings. The molecule has 152 valence electrons. The predicted molar refractivity (Wildman–Crippen MR) is 116 cm³/mol. The molecule has 1 N–H and O–H groups in total. The molecule has 0 saturated carbocycles. The van der Waals surface area contributed by atoms with Crippen LogP contribution in [0, 0.1) is 5.92 Å². The fourth-order valence-electron chi connectivity index (χ4n) is 2.82. The maximum atomic E-state index is 12.3. The SMILES string of the molecule is O=C(COC(=O)[C@H]1CC(=O)N(c2cc(Cl)ccc2Cl)C1)Nc1ccc(Br)cc1Cl. The first kappa shape index (κ1) is 21.9. The van der Waals surface area contributed by atoms with E-state index in [1.807, 2.05) is 0 Å². The van der Waals surface area contributed by atoms with Gasteiger partial charge in [-0.25, -0.2) is 0 Å². The van der Waals surface area contributed by atoms with Crippen LogP contribution in [0.2, 0.25) is 15.1 Å². The van der Waals surface area contributed by atoms with Crippen LogP contribution in [0.5, 0.6) is 0 Å². The monoisotopic (exact) mass is 518 g/mol. The van der Waals surface area contributed by atoms with Gasteiger partial charge in [-0.1, -0.05) is 50.7 Å². The highest BCUT2D eigenvalue weighted by Crippen LogP contribution is 2.33. The summed E-state index contributed by atoms with van der Waals surface area (Å²) in [5.74, 6) is -2.17. The Morgan fingerprint density at radius 1 is 1.14 bits per heavy atom. The number of rotatable bonds is 5.